The molecule has 28 heavy (non-hydrogen) atoms. The number of carbonyl (C=O) groups excluding carboxylic acids is 1. The molecule has 0 aliphatic heterocycles. The average Bonchev–Trinajstić information content (AvgIpc) is 3.05. The van der Waals surface area contributed by atoms with E-state index in [0.29, 0.717) is 17.7 Å². The van der Waals surface area contributed by atoms with Gasteiger partial charge in [-0.3, -0.25) is 4.79 Å². The fraction of sp³-hybridized carbons (Fsp3) is 0.522. The number of unbranched alkanes of at least 4 members (excludes halogenated alkanes) is 2. The third-order valence-corrected chi connectivity index (χ3v) is 5.98. The zero-order chi connectivity index (χ0) is 20.1. The summed E-state index contributed by atoms with van der Waals surface area (Å²) in [5.74, 6) is 0.636. The summed E-state index contributed by atoms with van der Waals surface area (Å²) in [5, 5.41) is 5.25. The molecule has 0 aliphatic carbocycles. The van der Waals surface area contributed by atoms with Crippen molar-refractivity contribution >= 4 is 44.2 Å². The van der Waals surface area contributed by atoms with Gasteiger partial charge < -0.3 is 5.32 Å². The Bertz CT molecular complexity index is 956. The van der Waals surface area contributed by atoms with Crippen molar-refractivity contribution in [2.24, 2.45) is 5.41 Å². The first-order valence-electron chi connectivity index (χ1n) is 10.4. The fourth-order valence-electron chi connectivity index (χ4n) is 3.36. The molecule has 0 fully saturated rings. The number of aryl methyl sites for hydroxylation is 1. The Hall–Kier alpha value is -2.01. The highest BCUT2D eigenvalue weighted by atomic mass is 32.1. The van der Waals surface area contributed by atoms with E-state index in [-0.39, 0.29) is 5.91 Å². The van der Waals surface area contributed by atoms with Gasteiger partial charge in [0, 0.05) is 11.8 Å². The van der Waals surface area contributed by atoms with Crippen LogP contribution in [0.15, 0.2) is 24.3 Å². The third kappa shape index (κ3) is 5.28. The summed E-state index contributed by atoms with van der Waals surface area (Å²) in [7, 11) is 0. The van der Waals surface area contributed by atoms with Gasteiger partial charge in [-0.2, -0.15) is 0 Å². The minimum absolute atomic E-state index is 0.0323. The van der Waals surface area contributed by atoms with Gasteiger partial charge in [-0.15, -0.1) is 11.3 Å². The molecule has 4 nitrogen and oxygen atoms in total. The lowest BCUT2D eigenvalue weighted by atomic mass is 9.89. The number of carbonyl (C=O) groups is 1. The number of rotatable bonds is 8. The summed E-state index contributed by atoms with van der Waals surface area (Å²) in [6.07, 6.45) is 6.91. The van der Waals surface area contributed by atoms with Crippen molar-refractivity contribution < 1.29 is 4.79 Å². The van der Waals surface area contributed by atoms with Crippen LogP contribution in [0.1, 0.15) is 71.2 Å². The van der Waals surface area contributed by atoms with E-state index in [9.17, 15) is 4.79 Å². The lowest BCUT2D eigenvalue weighted by molar-refractivity contribution is -0.116. The van der Waals surface area contributed by atoms with E-state index in [2.05, 4.69) is 39.1 Å². The molecule has 1 amide bonds. The fourth-order valence-corrected chi connectivity index (χ4v) is 4.56. The predicted molar refractivity (Wildman–Crippen MR) is 120 cm³/mol. The van der Waals surface area contributed by atoms with Gasteiger partial charge in [0.1, 0.15) is 5.52 Å². The van der Waals surface area contributed by atoms with Crippen molar-refractivity contribution in [1.29, 1.82) is 0 Å². The highest BCUT2D eigenvalue weighted by Crippen LogP contribution is 2.34. The highest BCUT2D eigenvalue weighted by molar-refractivity contribution is 7.19. The normalized spacial score (nSPS) is 12.0. The van der Waals surface area contributed by atoms with Crippen LogP contribution >= 0.6 is 11.3 Å². The van der Waals surface area contributed by atoms with Crippen LogP contribution in [0.2, 0.25) is 0 Å². The maximum Gasteiger partial charge on any atom is 0.225 e. The van der Waals surface area contributed by atoms with Crippen molar-refractivity contribution in [1.82, 2.24) is 9.97 Å². The van der Waals surface area contributed by atoms with E-state index >= 15 is 0 Å². The Morgan fingerprint density at radius 1 is 1.11 bits per heavy atom. The maximum absolute atomic E-state index is 12.5. The van der Waals surface area contributed by atoms with Crippen LogP contribution in [-0.4, -0.2) is 15.9 Å². The number of thiazole rings is 1. The quantitative estimate of drug-likeness (QED) is 0.429. The molecule has 1 aromatic carbocycles. The molecule has 3 aromatic rings. The summed E-state index contributed by atoms with van der Waals surface area (Å²) in [6, 6.07) is 8.09. The molecule has 2 heterocycles. The number of hydrogen-bond donors (Lipinski definition) is 1. The Labute approximate surface area is 171 Å². The smallest absolute Gasteiger partial charge is 0.225 e. The Kier molecular flexibility index (Phi) is 6.65. The minimum Gasteiger partial charge on any atom is -0.309 e. The lowest BCUT2D eigenvalue weighted by Crippen LogP contribution is -2.13. The second kappa shape index (κ2) is 8.99. The molecule has 2 aromatic heterocycles. The summed E-state index contributed by atoms with van der Waals surface area (Å²) >= 11 is 1.72. The van der Waals surface area contributed by atoms with Crippen molar-refractivity contribution in [2.45, 2.75) is 72.6 Å². The Morgan fingerprint density at radius 3 is 2.64 bits per heavy atom. The second-order valence-electron chi connectivity index (χ2n) is 8.68. The van der Waals surface area contributed by atoms with Gasteiger partial charge in [0.15, 0.2) is 5.82 Å². The van der Waals surface area contributed by atoms with Gasteiger partial charge in [-0.25, -0.2) is 9.97 Å². The summed E-state index contributed by atoms with van der Waals surface area (Å²) in [6.45, 7) is 8.94. The SMILES string of the molecule is CCCc1nc2c(NC(=O)CCCCCC(C)(C)C)nc3ccccc3c2s1. The molecule has 0 saturated carbocycles. The average molecular weight is 398 g/mol. The largest absolute Gasteiger partial charge is 0.309 e. The number of para-hydroxylation sites is 1. The van der Waals surface area contributed by atoms with Crippen LogP contribution in [-0.2, 0) is 11.2 Å². The van der Waals surface area contributed by atoms with E-state index in [4.69, 9.17) is 9.97 Å². The molecule has 0 unspecified atom stereocenters. The Balaban J connectivity index is 1.73. The van der Waals surface area contributed by atoms with Gasteiger partial charge >= 0.3 is 0 Å². The van der Waals surface area contributed by atoms with Crippen molar-refractivity contribution in [3.63, 3.8) is 0 Å². The zero-order valence-corrected chi connectivity index (χ0v) is 18.3. The minimum atomic E-state index is 0.0323. The molecule has 0 atom stereocenters. The van der Waals surface area contributed by atoms with Crippen molar-refractivity contribution in [3.8, 4) is 0 Å². The van der Waals surface area contributed by atoms with Gasteiger partial charge in [0.2, 0.25) is 5.91 Å². The molecule has 0 bridgehead atoms. The molecule has 0 aliphatic rings. The first-order chi connectivity index (χ1) is 13.4. The van der Waals surface area contributed by atoms with E-state index in [1.807, 2.05) is 18.2 Å². The molecular weight excluding hydrogens is 366 g/mol. The van der Waals surface area contributed by atoms with Crippen LogP contribution in [0, 0.1) is 5.41 Å². The standard InChI is InChI=1S/C23H31N3OS/c1-5-11-19-26-20-21(28-19)16-12-8-9-13-17(16)24-22(20)25-18(27)14-7-6-10-15-23(2,3)4/h8-9,12-13H,5-7,10-11,14-15H2,1-4H3,(H,24,25,27). The van der Waals surface area contributed by atoms with E-state index < -0.39 is 0 Å². The van der Waals surface area contributed by atoms with Crippen LogP contribution in [0.4, 0.5) is 5.82 Å². The van der Waals surface area contributed by atoms with Gasteiger partial charge in [-0.1, -0.05) is 58.7 Å². The van der Waals surface area contributed by atoms with E-state index in [1.165, 1.54) is 12.8 Å². The number of nitrogens with zero attached hydrogens (tertiary/aromatic N) is 2. The molecular formula is C23H31N3OS. The number of pyridine rings is 1. The highest BCUT2D eigenvalue weighted by Gasteiger charge is 2.16. The first kappa shape index (κ1) is 20.7. The lowest BCUT2D eigenvalue weighted by Gasteiger charge is -2.17. The molecule has 5 heteroatoms. The maximum atomic E-state index is 12.5. The monoisotopic (exact) mass is 397 g/mol. The van der Waals surface area contributed by atoms with Crippen LogP contribution in [0.3, 0.4) is 0 Å². The summed E-state index contributed by atoms with van der Waals surface area (Å²) in [4.78, 5) is 22.0. The number of benzene rings is 1. The molecule has 1 N–H and O–H groups in total. The number of aromatic nitrogens is 2. The van der Waals surface area contributed by atoms with Gasteiger partial charge in [0.05, 0.1) is 15.2 Å². The molecule has 0 saturated heterocycles. The van der Waals surface area contributed by atoms with Crippen molar-refractivity contribution in [3.05, 3.63) is 29.3 Å². The predicted octanol–water partition coefficient (Wildman–Crippen LogP) is 6.73. The number of amides is 1. The zero-order valence-electron chi connectivity index (χ0n) is 17.5. The van der Waals surface area contributed by atoms with Crippen LogP contribution in [0.25, 0.3) is 21.1 Å². The second-order valence-corrected chi connectivity index (χ2v) is 9.77. The van der Waals surface area contributed by atoms with E-state index in [0.717, 1.165) is 51.8 Å². The molecule has 0 radical (unpaired) electrons. The number of anilines is 1. The summed E-state index contributed by atoms with van der Waals surface area (Å²) < 4.78 is 1.12. The van der Waals surface area contributed by atoms with Crippen LogP contribution in [0.5, 0.6) is 0 Å². The van der Waals surface area contributed by atoms with E-state index in [1.54, 1.807) is 11.3 Å². The number of fused-ring (bicyclic) bond motifs is 3. The first-order valence-corrected chi connectivity index (χ1v) is 11.2. The van der Waals surface area contributed by atoms with Gasteiger partial charge in [-0.05, 0) is 37.2 Å². The Morgan fingerprint density at radius 2 is 1.89 bits per heavy atom. The third-order valence-electron chi connectivity index (χ3n) is 4.83. The van der Waals surface area contributed by atoms with Crippen LogP contribution < -0.4 is 5.32 Å². The molecule has 150 valence electrons. The van der Waals surface area contributed by atoms with Crippen molar-refractivity contribution in [2.75, 3.05) is 5.32 Å². The summed E-state index contributed by atoms with van der Waals surface area (Å²) in [5.41, 5.74) is 2.10. The molecule has 3 rings (SSSR count). The molecule has 0 spiro atoms. The number of nitrogens with one attached hydrogen (secondary N) is 1. The number of hydrogen-bond acceptors (Lipinski definition) is 4. The van der Waals surface area contributed by atoms with Gasteiger partial charge in [0.25, 0.3) is 0 Å². The topological polar surface area (TPSA) is 54.9 Å².